The second kappa shape index (κ2) is 12.8. The van der Waals surface area contributed by atoms with E-state index in [0.717, 1.165) is 12.5 Å². The zero-order chi connectivity index (χ0) is 33.7. The number of benzene rings is 1. The number of rotatable bonds is 1. The molecular weight excluding hydrogens is 633 g/mol. The van der Waals surface area contributed by atoms with E-state index in [1.165, 1.54) is 16.7 Å². The molecule has 4 aliphatic rings. The van der Waals surface area contributed by atoms with Crippen LogP contribution in [0.1, 0.15) is 80.4 Å². The van der Waals surface area contributed by atoms with Crippen molar-refractivity contribution in [1.29, 1.82) is 0 Å². The van der Waals surface area contributed by atoms with Gasteiger partial charge in [-0.05, 0) is 64.4 Å². The molecule has 2 aromatic heterocycles. The predicted octanol–water partition coefficient (Wildman–Crippen LogP) is 4.42. The fourth-order valence-electron chi connectivity index (χ4n) is 7.15. The Hall–Kier alpha value is -3.52. The summed E-state index contributed by atoms with van der Waals surface area (Å²) >= 11 is 0. The average molecular weight is 675 g/mol. The lowest BCUT2D eigenvalue weighted by molar-refractivity contribution is -0.121. The number of carbonyl (C=O) groups is 1. The maximum Gasteiger partial charge on any atom is 0.276 e. The number of carbonyl (C=O) groups excluding carboxylic acids is 1. The molecule has 47 heavy (non-hydrogen) atoms. The molecule has 1 unspecified atom stereocenters. The number of hydrogen-bond acceptors (Lipinski definition) is 8. The summed E-state index contributed by atoms with van der Waals surface area (Å²) < 4.78 is 72.7. The van der Waals surface area contributed by atoms with Crippen LogP contribution in [0.25, 0.3) is 11.0 Å². The van der Waals surface area contributed by atoms with Gasteiger partial charge in [0.05, 0.1) is 28.5 Å². The smallest absolute Gasteiger partial charge is 0.276 e. The number of aryl methyl sites for hydroxylation is 1. The Morgan fingerprint density at radius 2 is 1.74 bits per heavy atom. The third kappa shape index (κ3) is 6.89. The molecule has 2 N–H and O–H groups in total. The van der Waals surface area contributed by atoms with Crippen molar-refractivity contribution < 1.29 is 26.4 Å². The Morgan fingerprint density at radius 1 is 1.02 bits per heavy atom. The first-order valence-electron chi connectivity index (χ1n) is 16.3. The third-order valence-electron chi connectivity index (χ3n) is 9.90. The zero-order valence-electron chi connectivity index (χ0n) is 26.9. The fraction of sp³-hybridized carbons (Fsp3) is 0.576. The summed E-state index contributed by atoms with van der Waals surface area (Å²) in [5.41, 5.74) is -0.511. The highest BCUT2D eigenvalue weighted by Crippen LogP contribution is 2.41. The SMILES string of the molecule is Cc1nc2c3cc(C4CCS(=O)(=O)CC4)c(=O)n(c3n1)CC(=O)NCCCC(C)N1CC(C1)CC(F)(F)c1cccc(c1F)[C@@H](C)N2. The predicted molar refractivity (Wildman–Crippen MR) is 173 cm³/mol. The van der Waals surface area contributed by atoms with Crippen LogP contribution in [0, 0.1) is 18.7 Å². The normalized spacial score (nSPS) is 26.9. The molecule has 1 aromatic carbocycles. The molecule has 6 heterocycles. The quantitative estimate of drug-likeness (QED) is 0.389. The molecule has 4 aliphatic heterocycles. The van der Waals surface area contributed by atoms with Crippen LogP contribution < -0.4 is 16.2 Å². The Kier molecular flexibility index (Phi) is 9.11. The summed E-state index contributed by atoms with van der Waals surface area (Å²) in [4.78, 5) is 38.4. The van der Waals surface area contributed by atoms with E-state index in [0.29, 0.717) is 37.0 Å². The molecule has 2 fully saturated rings. The molecule has 254 valence electrons. The first-order chi connectivity index (χ1) is 22.2. The minimum Gasteiger partial charge on any atom is -0.363 e. The number of aromatic nitrogens is 3. The Labute approximate surface area is 272 Å². The molecule has 3 aromatic rings. The number of nitrogens with one attached hydrogen (secondary N) is 2. The number of alkyl halides is 2. The second-order valence-electron chi connectivity index (χ2n) is 13.4. The van der Waals surface area contributed by atoms with E-state index in [4.69, 9.17) is 0 Å². The minimum atomic E-state index is -3.36. The van der Waals surface area contributed by atoms with Crippen LogP contribution in [-0.2, 0) is 27.1 Å². The summed E-state index contributed by atoms with van der Waals surface area (Å²) in [5.74, 6) is -4.95. The van der Waals surface area contributed by atoms with E-state index in [9.17, 15) is 18.0 Å². The summed E-state index contributed by atoms with van der Waals surface area (Å²) in [6.07, 6.45) is 1.45. The number of halogens is 3. The van der Waals surface area contributed by atoms with E-state index in [1.54, 1.807) is 19.9 Å². The van der Waals surface area contributed by atoms with Crippen LogP contribution in [0.3, 0.4) is 0 Å². The molecule has 7 rings (SSSR count). The van der Waals surface area contributed by atoms with Gasteiger partial charge in [-0.25, -0.2) is 31.6 Å². The minimum absolute atomic E-state index is 0.0340. The van der Waals surface area contributed by atoms with E-state index in [1.807, 2.05) is 6.92 Å². The highest BCUT2D eigenvalue weighted by molar-refractivity contribution is 7.91. The summed E-state index contributed by atoms with van der Waals surface area (Å²) in [6, 6.07) is 4.97. The molecule has 8 bridgehead atoms. The molecule has 1 amide bonds. The van der Waals surface area contributed by atoms with Gasteiger partial charge in [0.2, 0.25) is 5.91 Å². The van der Waals surface area contributed by atoms with E-state index >= 15 is 13.2 Å². The lowest BCUT2D eigenvalue weighted by Crippen LogP contribution is -2.52. The van der Waals surface area contributed by atoms with Crippen molar-refractivity contribution in [3.63, 3.8) is 0 Å². The first kappa shape index (κ1) is 33.4. The second-order valence-corrected chi connectivity index (χ2v) is 15.7. The van der Waals surface area contributed by atoms with E-state index in [-0.39, 0.29) is 77.5 Å². The van der Waals surface area contributed by atoms with Crippen molar-refractivity contribution in [2.45, 2.75) is 83.3 Å². The number of pyridine rings is 1. The van der Waals surface area contributed by atoms with Gasteiger partial charge in [-0.1, -0.05) is 18.2 Å². The molecule has 0 radical (unpaired) electrons. The van der Waals surface area contributed by atoms with Crippen molar-refractivity contribution in [3.8, 4) is 0 Å². The first-order valence-corrected chi connectivity index (χ1v) is 18.1. The van der Waals surface area contributed by atoms with E-state index in [2.05, 4.69) is 25.5 Å². The Bertz CT molecular complexity index is 1850. The molecular formula is C33H41F3N6O4S. The maximum absolute atomic E-state index is 15.9. The van der Waals surface area contributed by atoms with Gasteiger partial charge in [-0.3, -0.25) is 14.2 Å². The van der Waals surface area contributed by atoms with Crippen molar-refractivity contribution >= 4 is 32.6 Å². The molecule has 0 saturated carbocycles. The van der Waals surface area contributed by atoms with Gasteiger partial charge in [0.15, 0.2) is 0 Å². The van der Waals surface area contributed by atoms with Gasteiger partial charge in [0.25, 0.3) is 11.5 Å². The zero-order valence-corrected chi connectivity index (χ0v) is 27.7. The highest BCUT2D eigenvalue weighted by atomic mass is 32.2. The van der Waals surface area contributed by atoms with Crippen LogP contribution in [0.5, 0.6) is 0 Å². The lowest BCUT2D eigenvalue weighted by Gasteiger charge is -2.44. The summed E-state index contributed by atoms with van der Waals surface area (Å²) in [5, 5.41) is 6.45. The van der Waals surface area contributed by atoms with Gasteiger partial charge < -0.3 is 15.5 Å². The number of amides is 1. The topological polar surface area (TPSA) is 126 Å². The summed E-state index contributed by atoms with van der Waals surface area (Å²) in [6.45, 7) is 6.34. The molecule has 2 saturated heterocycles. The fourth-order valence-corrected chi connectivity index (χ4v) is 8.64. The molecule has 0 aliphatic carbocycles. The van der Waals surface area contributed by atoms with Crippen LogP contribution in [0.2, 0.25) is 0 Å². The maximum atomic E-state index is 15.9. The number of fused-ring (bicyclic) bond motifs is 8. The molecule has 14 heteroatoms. The van der Waals surface area contributed by atoms with Crippen LogP contribution in [0.15, 0.2) is 29.1 Å². The largest absolute Gasteiger partial charge is 0.363 e. The number of sulfone groups is 1. The average Bonchev–Trinajstić information content (AvgIpc) is 2.98. The van der Waals surface area contributed by atoms with Crippen LogP contribution >= 0.6 is 0 Å². The molecule has 10 nitrogen and oxygen atoms in total. The van der Waals surface area contributed by atoms with Crippen LogP contribution in [0.4, 0.5) is 19.0 Å². The van der Waals surface area contributed by atoms with Gasteiger partial charge >= 0.3 is 0 Å². The number of hydrogen-bond donors (Lipinski definition) is 2. The van der Waals surface area contributed by atoms with Gasteiger partial charge in [-0.15, -0.1) is 0 Å². The van der Waals surface area contributed by atoms with Crippen molar-refractivity contribution in [2.75, 3.05) is 36.5 Å². The highest BCUT2D eigenvalue weighted by Gasteiger charge is 2.42. The molecule has 2 atom stereocenters. The standard InChI is InChI=1S/C33H41F3N6O4S/c1-19-6-5-11-37-28(43)18-42-31-26(14-25(32(42)44)23-9-12-47(45,46)13-10-23)30(39-21(3)40-31)38-20(2)24-7-4-8-27(29(24)34)33(35,36)15-22-16-41(19)17-22/h4,7-8,14,19-20,22-23H,5-6,9-13,15-18H2,1-3H3,(H,37,43)(H,38,39,40)/t19?,20-/m1/s1. The number of anilines is 1. The van der Waals surface area contributed by atoms with Crippen molar-refractivity contribution in [3.05, 3.63) is 63.0 Å². The van der Waals surface area contributed by atoms with E-state index < -0.39 is 45.2 Å². The molecule has 0 spiro atoms. The van der Waals surface area contributed by atoms with Gasteiger partial charge in [0, 0.05) is 43.2 Å². The van der Waals surface area contributed by atoms with Gasteiger partial charge in [0.1, 0.15) is 39.5 Å². The van der Waals surface area contributed by atoms with Crippen LogP contribution in [-0.4, -0.2) is 70.9 Å². The Morgan fingerprint density at radius 3 is 2.47 bits per heavy atom. The third-order valence-corrected chi connectivity index (χ3v) is 11.6. The van der Waals surface area contributed by atoms with Crippen molar-refractivity contribution in [1.82, 2.24) is 24.8 Å². The lowest BCUT2D eigenvalue weighted by atomic mass is 9.87. The monoisotopic (exact) mass is 674 g/mol. The van der Waals surface area contributed by atoms with Crippen molar-refractivity contribution in [2.24, 2.45) is 5.92 Å². The Balaban J connectivity index is 1.45. The van der Waals surface area contributed by atoms with Gasteiger partial charge in [-0.2, -0.15) is 0 Å². The number of nitrogens with zero attached hydrogens (tertiary/aromatic N) is 4. The summed E-state index contributed by atoms with van der Waals surface area (Å²) in [7, 11) is -3.21.